The SMILES string of the molecule is O=C1CC(c2ccc(Br)cc2)(C2CCNCC2)C(=O)N1. The normalized spacial score (nSPS) is 27.6. The minimum absolute atomic E-state index is 0.128. The third kappa shape index (κ3) is 2.19. The summed E-state index contributed by atoms with van der Waals surface area (Å²) in [5.74, 6) is -0.0652. The molecule has 2 N–H and O–H groups in total. The van der Waals surface area contributed by atoms with Gasteiger partial charge in [-0.05, 0) is 49.5 Å². The topological polar surface area (TPSA) is 58.2 Å². The van der Waals surface area contributed by atoms with E-state index in [2.05, 4.69) is 26.6 Å². The van der Waals surface area contributed by atoms with E-state index in [1.54, 1.807) is 0 Å². The zero-order chi connectivity index (χ0) is 14.2. The second-order valence-electron chi connectivity index (χ2n) is 5.56. The molecule has 0 aliphatic carbocycles. The standard InChI is InChI=1S/C15H17BrN2O2/c16-12-3-1-10(2-4-12)15(9-13(19)18-14(15)20)11-5-7-17-8-6-11/h1-4,11,17H,5-9H2,(H,18,19,20). The molecule has 2 amide bonds. The molecule has 0 spiro atoms. The summed E-state index contributed by atoms with van der Waals surface area (Å²) in [4.78, 5) is 24.3. The van der Waals surface area contributed by atoms with Crippen LogP contribution < -0.4 is 10.6 Å². The molecule has 20 heavy (non-hydrogen) atoms. The maximum atomic E-state index is 12.5. The summed E-state index contributed by atoms with van der Waals surface area (Å²) in [6.45, 7) is 1.81. The number of nitrogens with one attached hydrogen (secondary N) is 2. The molecule has 0 aromatic heterocycles. The van der Waals surface area contributed by atoms with Gasteiger partial charge in [-0.2, -0.15) is 0 Å². The van der Waals surface area contributed by atoms with Gasteiger partial charge in [-0.1, -0.05) is 28.1 Å². The van der Waals surface area contributed by atoms with Crippen LogP contribution in [0, 0.1) is 5.92 Å². The Morgan fingerprint density at radius 1 is 1.10 bits per heavy atom. The van der Waals surface area contributed by atoms with Crippen LogP contribution in [-0.4, -0.2) is 24.9 Å². The molecule has 0 radical (unpaired) electrons. The summed E-state index contributed by atoms with van der Waals surface area (Å²) < 4.78 is 0.978. The Morgan fingerprint density at radius 3 is 2.30 bits per heavy atom. The predicted molar refractivity (Wildman–Crippen MR) is 79.2 cm³/mol. The Kier molecular flexibility index (Phi) is 3.65. The minimum Gasteiger partial charge on any atom is -0.317 e. The average Bonchev–Trinajstić information content (AvgIpc) is 2.76. The number of amides is 2. The van der Waals surface area contributed by atoms with Gasteiger partial charge in [0.1, 0.15) is 0 Å². The predicted octanol–water partition coefficient (Wildman–Crippen LogP) is 1.73. The Hall–Kier alpha value is -1.20. The van der Waals surface area contributed by atoms with E-state index in [0.717, 1.165) is 36.0 Å². The maximum Gasteiger partial charge on any atom is 0.238 e. The van der Waals surface area contributed by atoms with Crippen LogP contribution in [0.2, 0.25) is 0 Å². The number of halogens is 1. The first kappa shape index (κ1) is 13.8. The van der Waals surface area contributed by atoms with Crippen molar-refractivity contribution in [3.8, 4) is 0 Å². The number of hydrogen-bond donors (Lipinski definition) is 2. The molecule has 5 heteroatoms. The zero-order valence-electron chi connectivity index (χ0n) is 11.1. The maximum absolute atomic E-state index is 12.5. The van der Waals surface area contributed by atoms with E-state index in [-0.39, 0.29) is 24.2 Å². The third-order valence-electron chi connectivity index (χ3n) is 4.49. The summed E-state index contributed by atoms with van der Waals surface area (Å²) in [6.07, 6.45) is 2.13. The molecule has 106 valence electrons. The molecule has 1 unspecified atom stereocenters. The molecular formula is C15H17BrN2O2. The molecule has 1 aromatic carbocycles. The molecule has 2 fully saturated rings. The molecule has 0 saturated carbocycles. The van der Waals surface area contributed by atoms with Crippen molar-refractivity contribution in [2.45, 2.75) is 24.7 Å². The van der Waals surface area contributed by atoms with Crippen molar-refractivity contribution in [2.24, 2.45) is 5.92 Å². The van der Waals surface area contributed by atoms with E-state index in [1.165, 1.54) is 0 Å². The second-order valence-corrected chi connectivity index (χ2v) is 6.47. The number of piperidine rings is 1. The van der Waals surface area contributed by atoms with Crippen LogP contribution in [0.1, 0.15) is 24.8 Å². The Morgan fingerprint density at radius 2 is 1.75 bits per heavy atom. The Balaban J connectivity index is 2.05. The summed E-state index contributed by atoms with van der Waals surface area (Å²) >= 11 is 3.42. The highest BCUT2D eigenvalue weighted by Gasteiger charge is 2.53. The number of imide groups is 1. The molecule has 1 aromatic rings. The Labute approximate surface area is 126 Å². The lowest BCUT2D eigenvalue weighted by atomic mass is 9.66. The van der Waals surface area contributed by atoms with E-state index in [0.29, 0.717) is 0 Å². The van der Waals surface area contributed by atoms with Gasteiger partial charge < -0.3 is 5.32 Å². The van der Waals surface area contributed by atoms with Crippen molar-refractivity contribution >= 4 is 27.7 Å². The van der Waals surface area contributed by atoms with Crippen molar-refractivity contribution in [1.82, 2.24) is 10.6 Å². The van der Waals surface area contributed by atoms with Gasteiger partial charge in [0.05, 0.1) is 5.41 Å². The molecule has 0 bridgehead atoms. The van der Waals surface area contributed by atoms with Gasteiger partial charge in [0.2, 0.25) is 11.8 Å². The largest absolute Gasteiger partial charge is 0.317 e. The summed E-state index contributed by atoms with van der Waals surface area (Å²) in [6, 6.07) is 7.80. The van der Waals surface area contributed by atoms with E-state index in [1.807, 2.05) is 24.3 Å². The van der Waals surface area contributed by atoms with Gasteiger partial charge in [0, 0.05) is 10.9 Å². The highest BCUT2D eigenvalue weighted by atomic mass is 79.9. The molecule has 1 atom stereocenters. The Bertz CT molecular complexity index is 537. The van der Waals surface area contributed by atoms with Crippen LogP contribution in [0.25, 0.3) is 0 Å². The summed E-state index contributed by atoms with van der Waals surface area (Å²) in [7, 11) is 0. The van der Waals surface area contributed by atoms with Crippen LogP contribution in [0.4, 0.5) is 0 Å². The van der Waals surface area contributed by atoms with Gasteiger partial charge in [-0.3, -0.25) is 14.9 Å². The lowest BCUT2D eigenvalue weighted by Crippen LogP contribution is -2.46. The first-order valence-corrected chi connectivity index (χ1v) is 7.73. The van der Waals surface area contributed by atoms with Crippen LogP contribution in [0.15, 0.2) is 28.7 Å². The van der Waals surface area contributed by atoms with Gasteiger partial charge >= 0.3 is 0 Å². The number of benzene rings is 1. The molecule has 2 heterocycles. The van der Waals surface area contributed by atoms with Crippen molar-refractivity contribution in [3.05, 3.63) is 34.3 Å². The molecule has 2 aliphatic rings. The van der Waals surface area contributed by atoms with E-state index < -0.39 is 5.41 Å². The minimum atomic E-state index is -0.681. The van der Waals surface area contributed by atoms with Crippen molar-refractivity contribution in [2.75, 3.05) is 13.1 Å². The van der Waals surface area contributed by atoms with Gasteiger partial charge in [-0.25, -0.2) is 0 Å². The van der Waals surface area contributed by atoms with Crippen LogP contribution in [0.5, 0.6) is 0 Å². The fourth-order valence-corrected chi connectivity index (χ4v) is 3.74. The fraction of sp³-hybridized carbons (Fsp3) is 0.467. The second kappa shape index (κ2) is 5.30. The van der Waals surface area contributed by atoms with Crippen molar-refractivity contribution in [3.63, 3.8) is 0 Å². The first-order chi connectivity index (χ1) is 9.63. The summed E-state index contributed by atoms with van der Waals surface area (Å²) in [5.41, 5.74) is 0.274. The van der Waals surface area contributed by atoms with Gasteiger partial charge in [-0.15, -0.1) is 0 Å². The van der Waals surface area contributed by atoms with Crippen LogP contribution in [-0.2, 0) is 15.0 Å². The highest BCUT2D eigenvalue weighted by Crippen LogP contribution is 2.43. The molecular weight excluding hydrogens is 320 g/mol. The zero-order valence-corrected chi connectivity index (χ0v) is 12.7. The van der Waals surface area contributed by atoms with Gasteiger partial charge in [0.15, 0.2) is 0 Å². The molecule has 3 rings (SSSR count). The molecule has 2 aliphatic heterocycles. The molecule has 2 saturated heterocycles. The number of carbonyl (C=O) groups excluding carboxylic acids is 2. The number of carbonyl (C=O) groups is 2. The van der Waals surface area contributed by atoms with Crippen LogP contribution >= 0.6 is 15.9 Å². The van der Waals surface area contributed by atoms with E-state index in [4.69, 9.17) is 0 Å². The van der Waals surface area contributed by atoms with Crippen molar-refractivity contribution in [1.29, 1.82) is 0 Å². The average molecular weight is 337 g/mol. The number of hydrogen-bond acceptors (Lipinski definition) is 3. The first-order valence-electron chi connectivity index (χ1n) is 6.94. The van der Waals surface area contributed by atoms with E-state index in [9.17, 15) is 9.59 Å². The van der Waals surface area contributed by atoms with E-state index >= 15 is 0 Å². The molecule has 4 nitrogen and oxygen atoms in total. The monoisotopic (exact) mass is 336 g/mol. The van der Waals surface area contributed by atoms with Crippen molar-refractivity contribution < 1.29 is 9.59 Å². The fourth-order valence-electron chi connectivity index (χ4n) is 3.48. The quantitative estimate of drug-likeness (QED) is 0.808. The number of rotatable bonds is 2. The van der Waals surface area contributed by atoms with Gasteiger partial charge in [0.25, 0.3) is 0 Å². The smallest absolute Gasteiger partial charge is 0.238 e. The lowest BCUT2D eigenvalue weighted by Gasteiger charge is -2.37. The highest BCUT2D eigenvalue weighted by molar-refractivity contribution is 9.10. The third-order valence-corrected chi connectivity index (χ3v) is 5.02. The van der Waals surface area contributed by atoms with Crippen LogP contribution in [0.3, 0.4) is 0 Å². The lowest BCUT2D eigenvalue weighted by molar-refractivity contribution is -0.127. The summed E-state index contributed by atoms with van der Waals surface area (Å²) in [5, 5.41) is 5.83.